The van der Waals surface area contributed by atoms with Crippen LogP contribution < -0.4 is 11.0 Å². The van der Waals surface area contributed by atoms with E-state index in [2.05, 4.69) is 10.3 Å². The van der Waals surface area contributed by atoms with Crippen molar-refractivity contribution in [2.75, 3.05) is 11.9 Å². The van der Waals surface area contributed by atoms with E-state index in [1.54, 1.807) is 0 Å². The van der Waals surface area contributed by atoms with E-state index in [4.69, 9.17) is 14.2 Å². The Balaban J connectivity index is 1.45. The Morgan fingerprint density at radius 3 is 2.79 bits per heavy atom. The molecule has 4 rings (SSSR count). The van der Waals surface area contributed by atoms with Crippen LogP contribution in [0.2, 0.25) is 0 Å². The number of hydrogen-bond donors (Lipinski definition) is 1. The largest absolute Gasteiger partial charge is 0.456 e. The highest BCUT2D eigenvalue weighted by Gasteiger charge is 2.66. The lowest BCUT2D eigenvalue weighted by atomic mass is 9.92. The first-order chi connectivity index (χ1) is 13.5. The molecule has 3 atom stereocenters. The average molecular weight is 385 g/mol. The Morgan fingerprint density at radius 2 is 2.11 bits per heavy atom. The third kappa shape index (κ3) is 3.30. The van der Waals surface area contributed by atoms with Gasteiger partial charge in [0.15, 0.2) is 0 Å². The van der Waals surface area contributed by atoms with E-state index < -0.39 is 29.6 Å². The van der Waals surface area contributed by atoms with E-state index in [-0.39, 0.29) is 18.3 Å². The van der Waals surface area contributed by atoms with Crippen molar-refractivity contribution in [1.29, 1.82) is 0 Å². The van der Waals surface area contributed by atoms with Crippen LogP contribution in [-0.2, 0) is 30.4 Å². The predicted octanol–water partition coefficient (Wildman–Crippen LogP) is 1.00. The molecule has 0 radical (unpaired) electrons. The third-order valence-corrected chi connectivity index (χ3v) is 4.75. The maximum Gasteiger partial charge on any atom is 0.351 e. The molecule has 9 heteroatoms. The minimum Gasteiger partial charge on any atom is -0.456 e. The summed E-state index contributed by atoms with van der Waals surface area (Å²) in [7, 11) is 0. The van der Waals surface area contributed by atoms with Gasteiger partial charge >= 0.3 is 11.7 Å². The van der Waals surface area contributed by atoms with E-state index in [0.717, 1.165) is 5.56 Å². The molecule has 0 bridgehead atoms. The van der Waals surface area contributed by atoms with Crippen LogP contribution in [0.15, 0.2) is 47.4 Å². The molecule has 1 N–H and O–H groups in total. The molecule has 0 saturated carbocycles. The number of aromatic nitrogens is 2. The van der Waals surface area contributed by atoms with Gasteiger partial charge in [0.2, 0.25) is 11.5 Å². The normalized spacial score (nSPS) is 25.5. The van der Waals surface area contributed by atoms with Gasteiger partial charge in [-0.15, -0.1) is 0 Å². The van der Waals surface area contributed by atoms with Crippen molar-refractivity contribution >= 4 is 17.7 Å². The first kappa shape index (κ1) is 18.3. The molecule has 2 aliphatic heterocycles. The highest BCUT2D eigenvalue weighted by atomic mass is 16.7. The monoisotopic (exact) mass is 385 g/mol. The van der Waals surface area contributed by atoms with Gasteiger partial charge in [-0.25, -0.2) is 9.59 Å². The molecule has 1 aromatic carbocycles. The molecule has 2 aromatic rings. The van der Waals surface area contributed by atoms with Crippen LogP contribution in [0.4, 0.5) is 5.82 Å². The molecule has 9 nitrogen and oxygen atoms in total. The maximum absolute atomic E-state index is 12.3. The molecule has 2 aliphatic rings. The van der Waals surface area contributed by atoms with E-state index in [0.29, 0.717) is 13.0 Å². The average Bonchev–Trinajstić information content (AvgIpc) is 2.95. The number of fused-ring (bicyclic) bond motifs is 1. The van der Waals surface area contributed by atoms with Gasteiger partial charge in [-0.3, -0.25) is 9.36 Å². The zero-order valence-corrected chi connectivity index (χ0v) is 15.2. The van der Waals surface area contributed by atoms with Crippen molar-refractivity contribution in [2.45, 2.75) is 37.9 Å². The van der Waals surface area contributed by atoms with Crippen molar-refractivity contribution in [2.24, 2.45) is 0 Å². The number of ether oxygens (including phenoxy) is 3. The summed E-state index contributed by atoms with van der Waals surface area (Å²) in [5, 5.41) is 2.45. The van der Waals surface area contributed by atoms with E-state index in [1.165, 1.54) is 23.8 Å². The molecule has 1 aromatic heterocycles. The number of benzene rings is 1. The molecular formula is C19H19N3O6. The van der Waals surface area contributed by atoms with E-state index in [1.807, 2.05) is 30.3 Å². The molecule has 3 heterocycles. The molecule has 28 heavy (non-hydrogen) atoms. The lowest BCUT2D eigenvalue weighted by Crippen LogP contribution is -2.63. The number of rotatable bonds is 6. The molecular weight excluding hydrogens is 366 g/mol. The van der Waals surface area contributed by atoms with Crippen LogP contribution >= 0.6 is 0 Å². The van der Waals surface area contributed by atoms with Crippen molar-refractivity contribution in [3.05, 3.63) is 58.6 Å². The Bertz CT molecular complexity index is 960. The van der Waals surface area contributed by atoms with Crippen LogP contribution in [0, 0.1) is 0 Å². The molecule has 2 fully saturated rings. The third-order valence-electron chi connectivity index (χ3n) is 4.75. The van der Waals surface area contributed by atoms with Gasteiger partial charge in [0.05, 0.1) is 13.2 Å². The van der Waals surface area contributed by atoms with Crippen LogP contribution in [0.1, 0.15) is 25.1 Å². The van der Waals surface area contributed by atoms with Gasteiger partial charge in [-0.1, -0.05) is 30.3 Å². The second-order valence-electron chi connectivity index (χ2n) is 6.75. The molecule has 0 unspecified atom stereocenters. The Morgan fingerprint density at radius 1 is 1.32 bits per heavy atom. The first-order valence-electron chi connectivity index (χ1n) is 8.85. The summed E-state index contributed by atoms with van der Waals surface area (Å²) in [6, 6.07) is 11.1. The minimum atomic E-state index is -1.21. The number of hydrogen-bond acceptors (Lipinski definition) is 7. The minimum absolute atomic E-state index is 0.0358. The number of nitrogens with one attached hydrogen (secondary N) is 1. The SMILES string of the molecule is CC(=O)Nc1ccn([C@H]2C[C@@H]3OC(=O)[C@]3(COCc3ccccc3)O2)c(=O)n1. The number of carbonyl (C=O) groups is 2. The second kappa shape index (κ2) is 7.17. The summed E-state index contributed by atoms with van der Waals surface area (Å²) >= 11 is 0. The van der Waals surface area contributed by atoms with Crippen molar-refractivity contribution < 1.29 is 23.8 Å². The summed E-state index contributed by atoms with van der Waals surface area (Å²) in [5.74, 6) is -0.666. The van der Waals surface area contributed by atoms with Crippen LogP contribution in [0.5, 0.6) is 0 Å². The lowest BCUT2D eigenvalue weighted by molar-refractivity contribution is -0.237. The number of carbonyl (C=O) groups excluding carboxylic acids is 2. The highest BCUT2D eigenvalue weighted by molar-refractivity contribution is 5.87. The zero-order valence-electron chi connectivity index (χ0n) is 15.2. The van der Waals surface area contributed by atoms with Gasteiger partial charge < -0.3 is 19.5 Å². The van der Waals surface area contributed by atoms with Crippen molar-refractivity contribution in [1.82, 2.24) is 9.55 Å². The molecule has 146 valence electrons. The van der Waals surface area contributed by atoms with E-state index >= 15 is 0 Å². The zero-order chi connectivity index (χ0) is 19.7. The summed E-state index contributed by atoms with van der Waals surface area (Å²) in [5.41, 5.74) is -0.827. The van der Waals surface area contributed by atoms with Gasteiger partial charge in [-0.2, -0.15) is 4.98 Å². The topological polar surface area (TPSA) is 109 Å². The van der Waals surface area contributed by atoms with Gasteiger partial charge in [-0.05, 0) is 11.6 Å². The predicted molar refractivity (Wildman–Crippen MR) is 96.2 cm³/mol. The fourth-order valence-corrected chi connectivity index (χ4v) is 3.37. The Kier molecular flexibility index (Phi) is 4.70. The standard InChI is InChI=1S/C19H19N3O6/c1-12(23)20-15-7-8-22(18(25)21-15)16-9-14-19(28-16,17(24)27-14)11-26-10-13-5-3-2-4-6-13/h2-8,14,16H,9-11H2,1H3,(H,20,21,23,25)/t14-,16+,19+/m0/s1. The van der Waals surface area contributed by atoms with Crippen LogP contribution in [-0.4, -0.2) is 39.7 Å². The Labute approximate surface area is 160 Å². The molecule has 1 amide bonds. The molecule has 0 spiro atoms. The molecule has 0 aliphatic carbocycles. The summed E-state index contributed by atoms with van der Waals surface area (Å²) in [6.07, 6.45) is 0.603. The second-order valence-corrected chi connectivity index (χ2v) is 6.75. The van der Waals surface area contributed by atoms with Crippen LogP contribution in [0.3, 0.4) is 0 Å². The van der Waals surface area contributed by atoms with E-state index in [9.17, 15) is 14.4 Å². The van der Waals surface area contributed by atoms with Gasteiger partial charge in [0.25, 0.3) is 0 Å². The number of esters is 1. The van der Waals surface area contributed by atoms with Crippen LogP contribution in [0.25, 0.3) is 0 Å². The maximum atomic E-state index is 12.3. The number of amides is 1. The fourth-order valence-electron chi connectivity index (χ4n) is 3.37. The van der Waals surface area contributed by atoms with Crippen molar-refractivity contribution in [3.8, 4) is 0 Å². The number of anilines is 1. The summed E-state index contributed by atoms with van der Waals surface area (Å²) < 4.78 is 18.1. The van der Waals surface area contributed by atoms with Crippen molar-refractivity contribution in [3.63, 3.8) is 0 Å². The van der Waals surface area contributed by atoms with Gasteiger partial charge in [0.1, 0.15) is 18.1 Å². The lowest BCUT2D eigenvalue weighted by Gasteiger charge is -2.40. The number of nitrogens with zero attached hydrogens (tertiary/aromatic N) is 2. The smallest absolute Gasteiger partial charge is 0.351 e. The van der Waals surface area contributed by atoms with Gasteiger partial charge in [0, 0.05) is 19.5 Å². The quantitative estimate of drug-likeness (QED) is 0.739. The fraction of sp³-hybridized carbons (Fsp3) is 0.368. The molecule has 2 saturated heterocycles. The summed E-state index contributed by atoms with van der Waals surface area (Å²) in [4.78, 5) is 39.3. The highest BCUT2D eigenvalue weighted by Crippen LogP contribution is 2.46. The Hall–Kier alpha value is -3.04. The summed E-state index contributed by atoms with van der Waals surface area (Å²) in [6.45, 7) is 1.70. The first-order valence-corrected chi connectivity index (χ1v) is 8.85.